The molecule has 1 aliphatic heterocycles. The number of benzene rings is 3. The SMILES string of the molecule is O=C(Nc1ccc(N2CCN(c3c(F)c(F)c(F)c(F)c3F)CC2)c(Cl)c1)c1cccc(Br)c1. The summed E-state index contributed by atoms with van der Waals surface area (Å²) >= 11 is 9.72. The third-order valence-electron chi connectivity index (χ3n) is 5.42. The normalized spacial score (nSPS) is 13.9. The second-order valence-corrected chi connectivity index (χ2v) is 8.85. The lowest BCUT2D eigenvalue weighted by Crippen LogP contribution is -2.47. The van der Waals surface area contributed by atoms with Crippen LogP contribution in [0.3, 0.4) is 0 Å². The summed E-state index contributed by atoms with van der Waals surface area (Å²) in [4.78, 5) is 15.4. The molecule has 4 nitrogen and oxygen atoms in total. The molecule has 178 valence electrons. The standard InChI is InChI=1S/C23H16BrClF5N3O/c24-13-3-1-2-12(10-13)23(34)31-14-4-5-16(15(25)11-14)32-6-8-33(9-7-32)22-20(29)18(27)17(26)19(28)21(22)30/h1-5,10-11H,6-9H2,(H,31,34). The number of carbonyl (C=O) groups is 1. The van der Waals surface area contributed by atoms with Crippen LogP contribution in [0.1, 0.15) is 10.4 Å². The Morgan fingerprint density at radius 3 is 2.00 bits per heavy atom. The lowest BCUT2D eigenvalue weighted by atomic mass is 10.1. The van der Waals surface area contributed by atoms with Gasteiger partial charge in [-0.3, -0.25) is 4.79 Å². The number of carbonyl (C=O) groups excluding carboxylic acids is 1. The first-order valence-corrected chi connectivity index (χ1v) is 11.2. The summed E-state index contributed by atoms with van der Waals surface area (Å²) in [6.45, 7) is 0.470. The summed E-state index contributed by atoms with van der Waals surface area (Å²) in [5.74, 6) is -10.2. The van der Waals surface area contributed by atoms with Crippen molar-refractivity contribution < 1.29 is 26.7 Å². The summed E-state index contributed by atoms with van der Waals surface area (Å²) in [6, 6.07) is 11.8. The van der Waals surface area contributed by atoms with E-state index in [1.807, 2.05) is 4.90 Å². The number of hydrogen-bond acceptors (Lipinski definition) is 3. The van der Waals surface area contributed by atoms with Crippen LogP contribution < -0.4 is 15.1 Å². The van der Waals surface area contributed by atoms with Gasteiger partial charge in [-0.05, 0) is 36.4 Å². The van der Waals surface area contributed by atoms with Gasteiger partial charge in [-0.2, -0.15) is 0 Å². The number of piperazine rings is 1. The van der Waals surface area contributed by atoms with Crippen molar-refractivity contribution in [1.29, 1.82) is 0 Å². The molecule has 11 heteroatoms. The average Bonchev–Trinajstić information content (AvgIpc) is 2.82. The highest BCUT2D eigenvalue weighted by atomic mass is 79.9. The quantitative estimate of drug-likeness (QED) is 0.229. The van der Waals surface area contributed by atoms with Crippen LogP contribution >= 0.6 is 27.5 Å². The zero-order chi connectivity index (χ0) is 24.6. The monoisotopic (exact) mass is 559 g/mol. The van der Waals surface area contributed by atoms with E-state index in [0.717, 1.165) is 9.37 Å². The van der Waals surface area contributed by atoms with Crippen molar-refractivity contribution in [3.8, 4) is 0 Å². The first kappa shape index (κ1) is 24.3. The van der Waals surface area contributed by atoms with Gasteiger partial charge in [-0.1, -0.05) is 33.6 Å². The second-order valence-electron chi connectivity index (χ2n) is 7.52. The molecule has 0 radical (unpaired) electrons. The van der Waals surface area contributed by atoms with Crippen LogP contribution in [0.5, 0.6) is 0 Å². The van der Waals surface area contributed by atoms with Gasteiger partial charge < -0.3 is 15.1 Å². The van der Waals surface area contributed by atoms with E-state index in [9.17, 15) is 26.7 Å². The minimum atomic E-state index is -2.18. The van der Waals surface area contributed by atoms with Crippen molar-refractivity contribution >= 4 is 50.5 Å². The lowest BCUT2D eigenvalue weighted by molar-refractivity contribution is 0.102. The van der Waals surface area contributed by atoms with E-state index in [0.29, 0.717) is 22.0 Å². The topological polar surface area (TPSA) is 35.6 Å². The van der Waals surface area contributed by atoms with Crippen molar-refractivity contribution in [1.82, 2.24) is 0 Å². The Bertz CT molecular complexity index is 1240. The molecule has 0 bridgehead atoms. The molecule has 0 unspecified atom stereocenters. The number of amides is 1. The van der Waals surface area contributed by atoms with Crippen molar-refractivity contribution in [3.63, 3.8) is 0 Å². The Balaban J connectivity index is 1.46. The highest BCUT2D eigenvalue weighted by Crippen LogP contribution is 2.33. The van der Waals surface area contributed by atoms with Crippen LogP contribution in [-0.2, 0) is 0 Å². The Labute approximate surface area is 205 Å². The fourth-order valence-corrected chi connectivity index (χ4v) is 4.42. The summed E-state index contributed by atoms with van der Waals surface area (Å²) in [7, 11) is 0. The minimum Gasteiger partial charge on any atom is -0.367 e. The smallest absolute Gasteiger partial charge is 0.255 e. The van der Waals surface area contributed by atoms with Gasteiger partial charge in [0.1, 0.15) is 5.69 Å². The number of rotatable bonds is 4. The van der Waals surface area contributed by atoms with E-state index in [-0.39, 0.29) is 32.1 Å². The molecular formula is C23H16BrClF5N3O. The van der Waals surface area contributed by atoms with Gasteiger partial charge in [0.25, 0.3) is 5.91 Å². The number of halogens is 7. The van der Waals surface area contributed by atoms with Crippen LogP contribution in [0.25, 0.3) is 0 Å². The summed E-state index contributed by atoms with van der Waals surface area (Å²) < 4.78 is 69.5. The molecule has 0 spiro atoms. The zero-order valence-corrected chi connectivity index (χ0v) is 19.7. The van der Waals surface area contributed by atoms with E-state index < -0.39 is 34.8 Å². The fraction of sp³-hybridized carbons (Fsp3) is 0.174. The van der Waals surface area contributed by atoms with Crippen molar-refractivity contribution in [3.05, 3.63) is 86.6 Å². The molecule has 3 aromatic carbocycles. The second kappa shape index (κ2) is 9.79. The number of hydrogen-bond donors (Lipinski definition) is 1. The maximum atomic E-state index is 14.1. The molecule has 1 amide bonds. The predicted molar refractivity (Wildman–Crippen MR) is 124 cm³/mol. The largest absolute Gasteiger partial charge is 0.367 e. The van der Waals surface area contributed by atoms with E-state index >= 15 is 0 Å². The molecule has 0 aliphatic carbocycles. The third-order valence-corrected chi connectivity index (χ3v) is 6.21. The number of nitrogens with zero attached hydrogens (tertiary/aromatic N) is 2. The molecule has 4 rings (SSSR count). The van der Waals surface area contributed by atoms with Crippen LogP contribution in [0.2, 0.25) is 5.02 Å². The van der Waals surface area contributed by atoms with Crippen LogP contribution in [0.4, 0.5) is 39.0 Å². The molecule has 0 saturated carbocycles. The lowest BCUT2D eigenvalue weighted by Gasteiger charge is -2.38. The maximum absolute atomic E-state index is 14.1. The highest BCUT2D eigenvalue weighted by molar-refractivity contribution is 9.10. The van der Waals surface area contributed by atoms with Gasteiger partial charge in [-0.15, -0.1) is 0 Å². The van der Waals surface area contributed by atoms with Crippen LogP contribution in [-0.4, -0.2) is 32.1 Å². The van der Waals surface area contributed by atoms with Gasteiger partial charge >= 0.3 is 0 Å². The van der Waals surface area contributed by atoms with E-state index in [4.69, 9.17) is 11.6 Å². The maximum Gasteiger partial charge on any atom is 0.255 e. The molecule has 3 aromatic rings. The molecular weight excluding hydrogens is 545 g/mol. The fourth-order valence-electron chi connectivity index (χ4n) is 3.72. The molecule has 0 aromatic heterocycles. The van der Waals surface area contributed by atoms with E-state index in [2.05, 4.69) is 21.2 Å². The molecule has 1 saturated heterocycles. The Morgan fingerprint density at radius 1 is 0.824 bits per heavy atom. The first-order chi connectivity index (χ1) is 16.2. The predicted octanol–water partition coefficient (Wildman–Crippen LogP) is 6.38. The summed E-state index contributed by atoms with van der Waals surface area (Å²) in [5.41, 5.74) is 0.601. The summed E-state index contributed by atoms with van der Waals surface area (Å²) in [5, 5.41) is 3.09. The van der Waals surface area contributed by atoms with Gasteiger partial charge in [0.05, 0.1) is 10.7 Å². The zero-order valence-electron chi connectivity index (χ0n) is 17.3. The molecule has 34 heavy (non-hydrogen) atoms. The number of anilines is 3. The molecule has 1 fully saturated rings. The van der Waals surface area contributed by atoms with Gasteiger partial charge in [0.15, 0.2) is 23.3 Å². The van der Waals surface area contributed by atoms with Crippen LogP contribution in [0, 0.1) is 29.1 Å². The average molecular weight is 561 g/mol. The third kappa shape index (κ3) is 4.69. The van der Waals surface area contributed by atoms with Crippen molar-refractivity contribution in [2.75, 3.05) is 41.3 Å². The summed E-state index contributed by atoms with van der Waals surface area (Å²) in [6.07, 6.45) is 0. The molecule has 0 atom stereocenters. The Kier molecular flexibility index (Phi) is 6.99. The van der Waals surface area contributed by atoms with Crippen molar-refractivity contribution in [2.24, 2.45) is 0 Å². The van der Waals surface area contributed by atoms with Gasteiger partial charge in [0.2, 0.25) is 5.82 Å². The minimum absolute atomic E-state index is 0.00997. The number of nitrogens with one attached hydrogen (secondary N) is 1. The Hall–Kier alpha value is -2.85. The molecule has 1 aliphatic rings. The van der Waals surface area contributed by atoms with Gasteiger partial charge in [-0.25, -0.2) is 22.0 Å². The van der Waals surface area contributed by atoms with Gasteiger partial charge in [0, 0.05) is 41.9 Å². The Morgan fingerprint density at radius 2 is 1.41 bits per heavy atom. The van der Waals surface area contributed by atoms with E-state index in [1.165, 1.54) is 0 Å². The van der Waals surface area contributed by atoms with Crippen LogP contribution in [0.15, 0.2) is 46.9 Å². The molecule has 1 N–H and O–H groups in total. The molecule has 1 heterocycles. The first-order valence-electron chi connectivity index (χ1n) is 10.0. The van der Waals surface area contributed by atoms with E-state index in [1.54, 1.807) is 42.5 Å². The highest BCUT2D eigenvalue weighted by Gasteiger charge is 2.31. The van der Waals surface area contributed by atoms with Crippen molar-refractivity contribution in [2.45, 2.75) is 0 Å².